The molecule has 1 aliphatic heterocycles. The molecule has 1 saturated heterocycles. The Morgan fingerprint density at radius 1 is 1.62 bits per heavy atom. The van der Waals surface area contributed by atoms with Gasteiger partial charge in [-0.3, -0.25) is 0 Å². The van der Waals surface area contributed by atoms with Crippen LogP contribution in [0.5, 0.6) is 0 Å². The highest BCUT2D eigenvalue weighted by molar-refractivity contribution is 5.04. The van der Waals surface area contributed by atoms with Crippen LogP contribution >= 0.6 is 0 Å². The number of rotatable bonds is 4. The second kappa shape index (κ2) is 5.26. The van der Waals surface area contributed by atoms with Gasteiger partial charge >= 0.3 is 0 Å². The summed E-state index contributed by atoms with van der Waals surface area (Å²) in [5, 5.41) is 3.32. The van der Waals surface area contributed by atoms with E-state index in [9.17, 15) is 0 Å². The first kappa shape index (κ1) is 10.6. The van der Waals surface area contributed by atoms with Gasteiger partial charge in [-0.15, -0.1) is 6.42 Å². The van der Waals surface area contributed by atoms with Crippen molar-refractivity contribution in [2.24, 2.45) is 5.92 Å². The number of nitrogens with one attached hydrogen (secondary N) is 1. The molecule has 2 heteroatoms. The molecule has 13 heavy (non-hydrogen) atoms. The van der Waals surface area contributed by atoms with E-state index in [1.807, 2.05) is 0 Å². The molecule has 74 valence electrons. The molecule has 0 saturated carbocycles. The quantitative estimate of drug-likeness (QED) is 0.662. The largest absolute Gasteiger partial charge is 0.378 e. The lowest BCUT2D eigenvalue weighted by Gasteiger charge is -2.23. The van der Waals surface area contributed by atoms with Gasteiger partial charge in [0.05, 0.1) is 12.1 Å². The molecule has 0 radical (unpaired) electrons. The van der Waals surface area contributed by atoms with E-state index in [4.69, 9.17) is 11.2 Å². The Morgan fingerprint density at radius 2 is 2.38 bits per heavy atom. The maximum absolute atomic E-state index is 5.61. The van der Waals surface area contributed by atoms with Crippen molar-refractivity contribution in [3.05, 3.63) is 0 Å². The summed E-state index contributed by atoms with van der Waals surface area (Å²) in [5.74, 6) is 3.33. The van der Waals surface area contributed by atoms with Gasteiger partial charge in [-0.05, 0) is 19.4 Å². The zero-order valence-electron chi connectivity index (χ0n) is 8.55. The van der Waals surface area contributed by atoms with E-state index in [2.05, 4.69) is 25.1 Å². The average Bonchev–Trinajstić information content (AvgIpc) is 2.61. The zero-order chi connectivity index (χ0) is 9.68. The summed E-state index contributed by atoms with van der Waals surface area (Å²) in [5.41, 5.74) is 0. The van der Waals surface area contributed by atoms with Crippen molar-refractivity contribution in [3.8, 4) is 12.3 Å². The highest BCUT2D eigenvalue weighted by Crippen LogP contribution is 2.26. The topological polar surface area (TPSA) is 21.3 Å². The molecule has 1 N–H and O–H groups in total. The molecule has 0 aromatic heterocycles. The molecule has 3 unspecified atom stereocenters. The fourth-order valence-electron chi connectivity index (χ4n) is 2.02. The van der Waals surface area contributed by atoms with Crippen LogP contribution in [0.1, 0.15) is 26.7 Å². The Labute approximate surface area is 81.0 Å². The highest BCUT2D eigenvalue weighted by atomic mass is 16.5. The summed E-state index contributed by atoms with van der Waals surface area (Å²) >= 11 is 0. The minimum atomic E-state index is 0.192. The third-order valence-electron chi connectivity index (χ3n) is 2.69. The molecule has 1 fully saturated rings. The summed E-state index contributed by atoms with van der Waals surface area (Å²) in [7, 11) is 0. The van der Waals surface area contributed by atoms with Gasteiger partial charge in [0.25, 0.3) is 0 Å². The van der Waals surface area contributed by atoms with Gasteiger partial charge in [0.2, 0.25) is 0 Å². The van der Waals surface area contributed by atoms with Gasteiger partial charge < -0.3 is 10.1 Å². The van der Waals surface area contributed by atoms with Gasteiger partial charge in [0.15, 0.2) is 0 Å². The summed E-state index contributed by atoms with van der Waals surface area (Å²) < 4.78 is 5.61. The molecular formula is C11H19NO. The fourth-order valence-corrected chi connectivity index (χ4v) is 2.02. The monoisotopic (exact) mass is 181 g/mol. The third-order valence-corrected chi connectivity index (χ3v) is 2.69. The molecule has 2 nitrogen and oxygen atoms in total. The lowest BCUT2D eigenvalue weighted by molar-refractivity contribution is 0.0827. The van der Waals surface area contributed by atoms with Crippen molar-refractivity contribution >= 4 is 0 Å². The van der Waals surface area contributed by atoms with Gasteiger partial charge in [0, 0.05) is 12.5 Å². The molecular weight excluding hydrogens is 162 g/mol. The normalized spacial score (nSPS) is 29.9. The molecule has 0 bridgehead atoms. The summed E-state index contributed by atoms with van der Waals surface area (Å²) in [6.45, 7) is 6.04. The van der Waals surface area contributed by atoms with E-state index in [-0.39, 0.29) is 6.04 Å². The van der Waals surface area contributed by atoms with Gasteiger partial charge in [-0.1, -0.05) is 19.8 Å². The van der Waals surface area contributed by atoms with Crippen LogP contribution in [0, 0.1) is 18.3 Å². The first-order valence-electron chi connectivity index (χ1n) is 5.14. The maximum atomic E-state index is 5.61. The van der Waals surface area contributed by atoms with E-state index in [1.54, 1.807) is 0 Å². The van der Waals surface area contributed by atoms with Crippen LogP contribution in [0.3, 0.4) is 0 Å². The average molecular weight is 181 g/mol. The Balaban J connectivity index is 2.52. The molecule has 1 rings (SSSR count). The Hall–Kier alpha value is -0.520. The standard InChI is InChI=1S/C11H19NO/c1-4-10(12-6-3)9-7-8-13-11(9)5-2/h1,9-12H,5-8H2,2-3H3. The lowest BCUT2D eigenvalue weighted by Crippen LogP contribution is -2.38. The second-order valence-electron chi connectivity index (χ2n) is 3.47. The first-order valence-corrected chi connectivity index (χ1v) is 5.14. The number of terminal acetylenes is 1. The number of hydrogen-bond acceptors (Lipinski definition) is 2. The molecule has 0 amide bonds. The van der Waals surface area contributed by atoms with E-state index in [1.165, 1.54) is 0 Å². The first-order chi connectivity index (χ1) is 6.33. The van der Waals surface area contributed by atoms with E-state index in [0.717, 1.165) is 26.0 Å². The van der Waals surface area contributed by atoms with Gasteiger partial charge in [0.1, 0.15) is 0 Å². The molecule has 0 aliphatic carbocycles. The van der Waals surface area contributed by atoms with Crippen molar-refractivity contribution < 1.29 is 4.74 Å². The van der Waals surface area contributed by atoms with Crippen molar-refractivity contribution in [2.45, 2.75) is 38.8 Å². The molecule has 0 aromatic carbocycles. The molecule has 0 aromatic rings. The molecule has 1 aliphatic rings. The van der Waals surface area contributed by atoms with Crippen LogP contribution in [0.25, 0.3) is 0 Å². The Kier molecular flexibility index (Phi) is 4.27. The van der Waals surface area contributed by atoms with Crippen LogP contribution in [-0.2, 0) is 4.74 Å². The van der Waals surface area contributed by atoms with Crippen molar-refractivity contribution in [2.75, 3.05) is 13.2 Å². The van der Waals surface area contributed by atoms with Crippen molar-refractivity contribution in [1.82, 2.24) is 5.32 Å². The number of hydrogen-bond donors (Lipinski definition) is 1. The number of ether oxygens (including phenoxy) is 1. The predicted octanol–water partition coefficient (Wildman–Crippen LogP) is 1.41. The fraction of sp³-hybridized carbons (Fsp3) is 0.818. The maximum Gasteiger partial charge on any atom is 0.0741 e. The Bertz CT molecular complexity index is 185. The summed E-state index contributed by atoms with van der Waals surface area (Å²) in [6.07, 6.45) is 8.01. The predicted molar refractivity (Wildman–Crippen MR) is 54.4 cm³/mol. The molecule has 0 spiro atoms. The van der Waals surface area contributed by atoms with Gasteiger partial charge in [-0.2, -0.15) is 0 Å². The van der Waals surface area contributed by atoms with E-state index in [0.29, 0.717) is 12.0 Å². The molecule has 1 heterocycles. The van der Waals surface area contributed by atoms with E-state index >= 15 is 0 Å². The Morgan fingerprint density at radius 3 is 2.92 bits per heavy atom. The van der Waals surface area contributed by atoms with Crippen molar-refractivity contribution in [1.29, 1.82) is 0 Å². The minimum Gasteiger partial charge on any atom is -0.378 e. The smallest absolute Gasteiger partial charge is 0.0741 e. The summed E-state index contributed by atoms with van der Waals surface area (Å²) in [6, 6.07) is 0.192. The minimum absolute atomic E-state index is 0.192. The SMILES string of the molecule is C#CC(NCC)C1CCOC1CC. The zero-order valence-corrected chi connectivity index (χ0v) is 8.55. The van der Waals surface area contributed by atoms with Crippen LogP contribution < -0.4 is 5.32 Å². The second-order valence-corrected chi connectivity index (χ2v) is 3.47. The van der Waals surface area contributed by atoms with Crippen LogP contribution in [0.4, 0.5) is 0 Å². The third kappa shape index (κ3) is 2.46. The van der Waals surface area contributed by atoms with Crippen LogP contribution in [0.15, 0.2) is 0 Å². The highest BCUT2D eigenvalue weighted by Gasteiger charge is 2.32. The van der Waals surface area contributed by atoms with Crippen molar-refractivity contribution in [3.63, 3.8) is 0 Å². The van der Waals surface area contributed by atoms with E-state index < -0.39 is 0 Å². The lowest BCUT2D eigenvalue weighted by atomic mass is 9.92. The van der Waals surface area contributed by atoms with Crippen LogP contribution in [0.2, 0.25) is 0 Å². The summed E-state index contributed by atoms with van der Waals surface area (Å²) in [4.78, 5) is 0. The van der Waals surface area contributed by atoms with Gasteiger partial charge in [-0.25, -0.2) is 0 Å². The van der Waals surface area contributed by atoms with Crippen LogP contribution in [-0.4, -0.2) is 25.3 Å². The molecule has 3 atom stereocenters.